The van der Waals surface area contributed by atoms with Crippen molar-refractivity contribution in [1.82, 2.24) is 0 Å². The van der Waals surface area contributed by atoms with Gasteiger partial charge < -0.3 is 9.16 Å². The Bertz CT molecular complexity index is 229. The van der Waals surface area contributed by atoms with Crippen LogP contribution < -0.4 is 0 Å². The van der Waals surface area contributed by atoms with E-state index in [1.165, 1.54) is 19.3 Å². The Labute approximate surface area is 108 Å². The standard InChI is InChI=1S/C14H30O2Si/c1-7-8-9-12(10-13-11-15-13)16-17(5,6)14(2,3)4/h12-13H,7-11H2,1-6H3. The van der Waals surface area contributed by atoms with Gasteiger partial charge in [0.25, 0.3) is 0 Å². The molecule has 2 unspecified atom stereocenters. The van der Waals surface area contributed by atoms with Crippen molar-refractivity contribution in [3.63, 3.8) is 0 Å². The average Bonchev–Trinajstić information content (AvgIpc) is 2.95. The second-order valence-corrected chi connectivity index (χ2v) is 11.6. The molecule has 1 fully saturated rings. The first-order valence-electron chi connectivity index (χ1n) is 7.05. The van der Waals surface area contributed by atoms with Crippen LogP contribution in [0.5, 0.6) is 0 Å². The molecule has 0 bridgehead atoms. The minimum atomic E-state index is -1.61. The molecule has 0 saturated carbocycles. The molecular weight excluding hydrogens is 228 g/mol. The van der Waals surface area contributed by atoms with E-state index in [4.69, 9.17) is 9.16 Å². The summed E-state index contributed by atoms with van der Waals surface area (Å²) in [5, 5.41) is 0.307. The Morgan fingerprint density at radius 3 is 2.35 bits per heavy atom. The van der Waals surface area contributed by atoms with Crippen LogP contribution in [0.4, 0.5) is 0 Å². The van der Waals surface area contributed by atoms with E-state index in [9.17, 15) is 0 Å². The Kier molecular flexibility index (Phi) is 5.23. The molecular formula is C14H30O2Si. The lowest BCUT2D eigenvalue weighted by Crippen LogP contribution is -2.44. The zero-order chi connectivity index (χ0) is 13.1. The molecule has 0 aliphatic carbocycles. The predicted octanol–water partition coefficient (Wildman–Crippen LogP) is 4.36. The van der Waals surface area contributed by atoms with E-state index in [1.807, 2.05) is 0 Å². The van der Waals surface area contributed by atoms with Gasteiger partial charge in [-0.25, -0.2) is 0 Å². The van der Waals surface area contributed by atoms with E-state index in [-0.39, 0.29) is 0 Å². The minimum absolute atomic E-state index is 0.307. The predicted molar refractivity (Wildman–Crippen MR) is 76.0 cm³/mol. The monoisotopic (exact) mass is 258 g/mol. The summed E-state index contributed by atoms with van der Waals surface area (Å²) in [6.07, 6.45) is 5.73. The van der Waals surface area contributed by atoms with Crippen LogP contribution in [0.3, 0.4) is 0 Å². The van der Waals surface area contributed by atoms with Crippen LogP contribution in [-0.4, -0.2) is 27.1 Å². The molecule has 2 nitrogen and oxygen atoms in total. The van der Waals surface area contributed by atoms with Crippen molar-refractivity contribution >= 4 is 8.32 Å². The molecule has 0 aromatic heterocycles. The van der Waals surface area contributed by atoms with Crippen LogP contribution in [0.25, 0.3) is 0 Å². The van der Waals surface area contributed by atoms with Crippen molar-refractivity contribution in [1.29, 1.82) is 0 Å². The third-order valence-electron chi connectivity index (χ3n) is 4.08. The number of hydrogen-bond donors (Lipinski definition) is 0. The highest BCUT2D eigenvalue weighted by Gasteiger charge is 2.40. The molecule has 1 saturated heterocycles. The molecule has 0 aromatic rings. The van der Waals surface area contributed by atoms with Gasteiger partial charge in [0.1, 0.15) is 0 Å². The number of hydrogen-bond acceptors (Lipinski definition) is 2. The second-order valence-electron chi connectivity index (χ2n) is 6.83. The zero-order valence-electron chi connectivity index (χ0n) is 12.5. The Morgan fingerprint density at radius 1 is 1.35 bits per heavy atom. The van der Waals surface area contributed by atoms with Crippen molar-refractivity contribution in [2.45, 2.75) is 83.7 Å². The van der Waals surface area contributed by atoms with Gasteiger partial charge in [0.2, 0.25) is 0 Å². The lowest BCUT2D eigenvalue weighted by Gasteiger charge is -2.39. The third kappa shape index (κ3) is 5.10. The SMILES string of the molecule is CCCCC(CC1CO1)O[Si](C)(C)C(C)(C)C. The first-order valence-corrected chi connectivity index (χ1v) is 9.96. The molecule has 0 spiro atoms. The molecule has 1 aliphatic heterocycles. The van der Waals surface area contributed by atoms with Gasteiger partial charge in [-0.05, 0) is 24.6 Å². The van der Waals surface area contributed by atoms with Gasteiger partial charge in [-0.2, -0.15) is 0 Å². The average molecular weight is 258 g/mol. The molecule has 0 aromatic carbocycles. The van der Waals surface area contributed by atoms with Gasteiger partial charge >= 0.3 is 0 Å². The van der Waals surface area contributed by atoms with E-state index in [0.29, 0.717) is 17.2 Å². The van der Waals surface area contributed by atoms with Crippen molar-refractivity contribution in [2.75, 3.05) is 6.61 Å². The van der Waals surface area contributed by atoms with Crippen molar-refractivity contribution in [3.8, 4) is 0 Å². The molecule has 1 heterocycles. The van der Waals surface area contributed by atoms with E-state index < -0.39 is 8.32 Å². The first kappa shape index (κ1) is 15.2. The normalized spacial score (nSPS) is 22.6. The third-order valence-corrected chi connectivity index (χ3v) is 8.61. The van der Waals surface area contributed by atoms with E-state index >= 15 is 0 Å². The highest BCUT2D eigenvalue weighted by atomic mass is 28.4. The summed E-state index contributed by atoms with van der Waals surface area (Å²) < 4.78 is 11.9. The Morgan fingerprint density at radius 2 is 1.94 bits per heavy atom. The van der Waals surface area contributed by atoms with Crippen molar-refractivity contribution in [3.05, 3.63) is 0 Å². The summed E-state index contributed by atoms with van der Waals surface area (Å²) in [7, 11) is -1.61. The molecule has 2 atom stereocenters. The summed E-state index contributed by atoms with van der Waals surface area (Å²) in [5.74, 6) is 0. The fourth-order valence-electron chi connectivity index (χ4n) is 1.75. The molecule has 102 valence electrons. The summed E-state index contributed by atoms with van der Waals surface area (Å²) in [5.41, 5.74) is 0. The molecule has 1 rings (SSSR count). The van der Waals surface area contributed by atoms with E-state index in [0.717, 1.165) is 13.0 Å². The van der Waals surface area contributed by atoms with Crippen LogP contribution in [0, 0.1) is 0 Å². The van der Waals surface area contributed by atoms with Gasteiger partial charge in [0.15, 0.2) is 8.32 Å². The maximum absolute atomic E-state index is 6.51. The highest BCUT2D eigenvalue weighted by molar-refractivity contribution is 6.74. The van der Waals surface area contributed by atoms with Crippen molar-refractivity contribution in [2.24, 2.45) is 0 Å². The molecule has 3 heteroatoms. The summed E-state index contributed by atoms with van der Waals surface area (Å²) in [6, 6.07) is 0. The maximum Gasteiger partial charge on any atom is 0.192 e. The number of unbranched alkanes of at least 4 members (excludes halogenated alkanes) is 1. The first-order chi connectivity index (χ1) is 7.76. The number of epoxide rings is 1. The molecule has 0 radical (unpaired) electrons. The van der Waals surface area contributed by atoms with Crippen LogP contribution in [0.15, 0.2) is 0 Å². The fourth-order valence-corrected chi connectivity index (χ4v) is 3.15. The minimum Gasteiger partial charge on any atom is -0.414 e. The van der Waals surface area contributed by atoms with E-state index in [2.05, 4.69) is 40.8 Å². The van der Waals surface area contributed by atoms with E-state index in [1.54, 1.807) is 0 Å². The van der Waals surface area contributed by atoms with Gasteiger partial charge in [0, 0.05) is 12.5 Å². The van der Waals surface area contributed by atoms with Gasteiger partial charge in [-0.1, -0.05) is 40.5 Å². The summed E-state index contributed by atoms with van der Waals surface area (Å²) >= 11 is 0. The molecule has 0 N–H and O–H groups in total. The van der Waals surface area contributed by atoms with Crippen LogP contribution in [-0.2, 0) is 9.16 Å². The second kappa shape index (κ2) is 5.85. The lowest BCUT2D eigenvalue weighted by atomic mass is 10.1. The molecule has 0 amide bonds. The summed E-state index contributed by atoms with van der Waals surface area (Å²) in [6.45, 7) is 14.8. The number of ether oxygens (including phenoxy) is 1. The highest BCUT2D eigenvalue weighted by Crippen LogP contribution is 2.38. The quantitative estimate of drug-likeness (QED) is 0.500. The maximum atomic E-state index is 6.51. The largest absolute Gasteiger partial charge is 0.414 e. The summed E-state index contributed by atoms with van der Waals surface area (Å²) in [4.78, 5) is 0. The van der Waals surface area contributed by atoms with Crippen LogP contribution in [0.1, 0.15) is 53.4 Å². The van der Waals surface area contributed by atoms with Gasteiger partial charge in [-0.15, -0.1) is 0 Å². The Hall–Kier alpha value is 0.137. The topological polar surface area (TPSA) is 21.8 Å². The van der Waals surface area contributed by atoms with Crippen LogP contribution in [0.2, 0.25) is 18.1 Å². The van der Waals surface area contributed by atoms with Crippen LogP contribution >= 0.6 is 0 Å². The van der Waals surface area contributed by atoms with Gasteiger partial charge in [0.05, 0.1) is 12.7 Å². The molecule has 17 heavy (non-hydrogen) atoms. The number of rotatable bonds is 7. The smallest absolute Gasteiger partial charge is 0.192 e. The Balaban J connectivity index is 2.50. The zero-order valence-corrected chi connectivity index (χ0v) is 13.5. The molecule has 1 aliphatic rings. The van der Waals surface area contributed by atoms with Crippen molar-refractivity contribution < 1.29 is 9.16 Å². The van der Waals surface area contributed by atoms with Gasteiger partial charge in [-0.3, -0.25) is 0 Å². The fraction of sp³-hybridized carbons (Fsp3) is 1.00. The lowest BCUT2D eigenvalue weighted by molar-refractivity contribution is 0.147.